The molecule has 1 aliphatic carbocycles. The van der Waals surface area contributed by atoms with Crippen LogP contribution in [0.25, 0.3) is 0 Å². The number of carbonyl (C=O) groups excluding carboxylic acids is 1. The van der Waals surface area contributed by atoms with Gasteiger partial charge in [0, 0.05) is 6.04 Å². The largest absolute Gasteiger partial charge is 0.468 e. The van der Waals surface area contributed by atoms with Gasteiger partial charge < -0.3 is 10.1 Å². The Bertz CT molecular complexity index is 218. The van der Waals surface area contributed by atoms with E-state index in [1.165, 1.54) is 26.4 Å². The minimum atomic E-state index is -0.184. The molecule has 4 unspecified atom stereocenters. The van der Waals surface area contributed by atoms with E-state index in [1.807, 2.05) is 6.92 Å². The maximum atomic E-state index is 11.3. The Morgan fingerprint density at radius 2 is 2.07 bits per heavy atom. The minimum Gasteiger partial charge on any atom is -0.468 e. The Labute approximate surface area is 92.6 Å². The first-order valence-electron chi connectivity index (χ1n) is 5.88. The van der Waals surface area contributed by atoms with Gasteiger partial charge in [-0.15, -0.1) is 0 Å². The Morgan fingerprint density at radius 1 is 1.40 bits per heavy atom. The molecule has 0 heterocycles. The second kappa shape index (κ2) is 5.50. The molecule has 0 bridgehead atoms. The standard InChI is InChI=1S/C12H23NO2/c1-8-5-6-11(9(2)7-8)13-10(3)12(14)15-4/h8-11,13H,5-7H2,1-4H3. The van der Waals surface area contributed by atoms with Gasteiger partial charge in [-0.05, 0) is 38.0 Å². The van der Waals surface area contributed by atoms with Crippen molar-refractivity contribution >= 4 is 5.97 Å². The van der Waals surface area contributed by atoms with Crippen LogP contribution in [0.4, 0.5) is 0 Å². The molecule has 1 rings (SSSR count). The molecule has 0 spiro atoms. The number of methoxy groups -OCH3 is 1. The fraction of sp³-hybridized carbons (Fsp3) is 0.917. The molecule has 3 nitrogen and oxygen atoms in total. The average Bonchev–Trinajstić information content (AvgIpc) is 2.20. The Hall–Kier alpha value is -0.570. The van der Waals surface area contributed by atoms with E-state index in [9.17, 15) is 4.79 Å². The van der Waals surface area contributed by atoms with Crippen molar-refractivity contribution in [2.45, 2.75) is 52.1 Å². The SMILES string of the molecule is COC(=O)C(C)NC1CCC(C)CC1C. The van der Waals surface area contributed by atoms with Gasteiger partial charge in [0.25, 0.3) is 0 Å². The summed E-state index contributed by atoms with van der Waals surface area (Å²) in [6.45, 7) is 6.43. The van der Waals surface area contributed by atoms with Crippen LogP contribution in [-0.2, 0) is 9.53 Å². The van der Waals surface area contributed by atoms with E-state index in [0.29, 0.717) is 12.0 Å². The molecule has 0 saturated heterocycles. The van der Waals surface area contributed by atoms with Crippen molar-refractivity contribution in [3.63, 3.8) is 0 Å². The molecule has 15 heavy (non-hydrogen) atoms. The maximum absolute atomic E-state index is 11.3. The molecule has 0 aliphatic heterocycles. The first-order valence-corrected chi connectivity index (χ1v) is 5.88. The Kier molecular flexibility index (Phi) is 4.58. The van der Waals surface area contributed by atoms with Crippen molar-refractivity contribution in [1.82, 2.24) is 5.32 Å². The summed E-state index contributed by atoms with van der Waals surface area (Å²) in [5.74, 6) is 1.31. The van der Waals surface area contributed by atoms with Crippen LogP contribution in [-0.4, -0.2) is 25.2 Å². The summed E-state index contributed by atoms with van der Waals surface area (Å²) in [5.41, 5.74) is 0. The molecule has 0 aromatic heterocycles. The highest BCUT2D eigenvalue weighted by Gasteiger charge is 2.27. The third-order valence-corrected chi connectivity index (χ3v) is 3.45. The third-order valence-electron chi connectivity index (χ3n) is 3.45. The minimum absolute atomic E-state index is 0.166. The molecule has 1 fully saturated rings. The molecule has 1 N–H and O–H groups in total. The van der Waals surface area contributed by atoms with Gasteiger partial charge in [-0.1, -0.05) is 13.8 Å². The molecule has 0 amide bonds. The van der Waals surface area contributed by atoms with E-state index in [-0.39, 0.29) is 12.0 Å². The summed E-state index contributed by atoms with van der Waals surface area (Å²) >= 11 is 0. The molecule has 0 aromatic carbocycles. The first-order chi connectivity index (χ1) is 7.04. The predicted octanol–water partition coefficient (Wildman–Crippen LogP) is 1.96. The number of hydrogen-bond donors (Lipinski definition) is 1. The van der Waals surface area contributed by atoms with Gasteiger partial charge in [0.2, 0.25) is 0 Å². The quantitative estimate of drug-likeness (QED) is 0.728. The second-order valence-electron chi connectivity index (χ2n) is 4.91. The fourth-order valence-corrected chi connectivity index (χ4v) is 2.48. The molecule has 88 valence electrons. The van der Waals surface area contributed by atoms with Crippen LogP contribution in [0.15, 0.2) is 0 Å². The second-order valence-corrected chi connectivity index (χ2v) is 4.91. The average molecular weight is 213 g/mol. The van der Waals surface area contributed by atoms with Crippen molar-refractivity contribution in [2.75, 3.05) is 7.11 Å². The summed E-state index contributed by atoms with van der Waals surface area (Å²) in [6.07, 6.45) is 3.69. The lowest BCUT2D eigenvalue weighted by molar-refractivity contribution is -0.143. The van der Waals surface area contributed by atoms with Crippen LogP contribution in [0, 0.1) is 11.8 Å². The van der Waals surface area contributed by atoms with Gasteiger partial charge >= 0.3 is 5.97 Å². The number of nitrogens with one attached hydrogen (secondary N) is 1. The van der Waals surface area contributed by atoms with E-state index in [2.05, 4.69) is 19.2 Å². The molecule has 1 aliphatic rings. The smallest absolute Gasteiger partial charge is 0.322 e. The zero-order valence-electron chi connectivity index (χ0n) is 10.2. The number of hydrogen-bond acceptors (Lipinski definition) is 3. The highest BCUT2D eigenvalue weighted by atomic mass is 16.5. The van der Waals surface area contributed by atoms with Crippen LogP contribution in [0.1, 0.15) is 40.0 Å². The molecular formula is C12H23NO2. The maximum Gasteiger partial charge on any atom is 0.322 e. The van der Waals surface area contributed by atoms with E-state index in [1.54, 1.807) is 0 Å². The summed E-state index contributed by atoms with van der Waals surface area (Å²) in [7, 11) is 1.44. The van der Waals surface area contributed by atoms with Crippen molar-refractivity contribution < 1.29 is 9.53 Å². The molecule has 0 aromatic rings. The van der Waals surface area contributed by atoms with Gasteiger partial charge in [0.15, 0.2) is 0 Å². The van der Waals surface area contributed by atoms with Gasteiger partial charge in [-0.25, -0.2) is 0 Å². The van der Waals surface area contributed by atoms with E-state index in [4.69, 9.17) is 4.74 Å². The van der Waals surface area contributed by atoms with Crippen molar-refractivity contribution in [3.8, 4) is 0 Å². The lowest BCUT2D eigenvalue weighted by Crippen LogP contribution is -2.47. The molecule has 0 radical (unpaired) electrons. The van der Waals surface area contributed by atoms with E-state index >= 15 is 0 Å². The monoisotopic (exact) mass is 213 g/mol. The van der Waals surface area contributed by atoms with Gasteiger partial charge in [0.1, 0.15) is 6.04 Å². The van der Waals surface area contributed by atoms with Gasteiger partial charge in [0.05, 0.1) is 7.11 Å². The topological polar surface area (TPSA) is 38.3 Å². The summed E-state index contributed by atoms with van der Waals surface area (Å²) in [6, 6.07) is 0.283. The molecule has 1 saturated carbocycles. The van der Waals surface area contributed by atoms with Gasteiger partial charge in [-0.3, -0.25) is 4.79 Å². The molecule has 3 heteroatoms. The van der Waals surface area contributed by atoms with Crippen molar-refractivity contribution in [2.24, 2.45) is 11.8 Å². The molecule has 4 atom stereocenters. The Morgan fingerprint density at radius 3 is 2.60 bits per heavy atom. The zero-order chi connectivity index (χ0) is 11.4. The summed E-state index contributed by atoms with van der Waals surface area (Å²) in [4.78, 5) is 11.3. The van der Waals surface area contributed by atoms with E-state index < -0.39 is 0 Å². The number of ether oxygens (including phenoxy) is 1. The number of rotatable bonds is 3. The first kappa shape index (κ1) is 12.5. The summed E-state index contributed by atoms with van der Waals surface area (Å²) < 4.78 is 4.71. The number of carbonyl (C=O) groups is 1. The van der Waals surface area contributed by atoms with Crippen molar-refractivity contribution in [1.29, 1.82) is 0 Å². The van der Waals surface area contributed by atoms with Crippen LogP contribution >= 0.6 is 0 Å². The lowest BCUT2D eigenvalue weighted by Gasteiger charge is -2.34. The molecular weight excluding hydrogens is 190 g/mol. The predicted molar refractivity (Wildman–Crippen MR) is 60.6 cm³/mol. The number of esters is 1. The summed E-state index contributed by atoms with van der Waals surface area (Å²) in [5, 5.41) is 3.37. The fourth-order valence-electron chi connectivity index (χ4n) is 2.48. The van der Waals surface area contributed by atoms with Crippen LogP contribution in [0.3, 0.4) is 0 Å². The van der Waals surface area contributed by atoms with Gasteiger partial charge in [-0.2, -0.15) is 0 Å². The van der Waals surface area contributed by atoms with Crippen LogP contribution in [0.5, 0.6) is 0 Å². The highest BCUT2D eigenvalue weighted by molar-refractivity contribution is 5.75. The highest BCUT2D eigenvalue weighted by Crippen LogP contribution is 2.28. The van der Waals surface area contributed by atoms with Crippen LogP contribution < -0.4 is 5.32 Å². The third kappa shape index (κ3) is 3.49. The van der Waals surface area contributed by atoms with Crippen molar-refractivity contribution in [3.05, 3.63) is 0 Å². The lowest BCUT2D eigenvalue weighted by atomic mass is 9.79. The van der Waals surface area contributed by atoms with E-state index in [0.717, 1.165) is 5.92 Å². The van der Waals surface area contributed by atoms with Crippen LogP contribution in [0.2, 0.25) is 0 Å². The Balaban J connectivity index is 2.41. The normalized spacial score (nSPS) is 33.5. The zero-order valence-corrected chi connectivity index (χ0v) is 10.2.